The van der Waals surface area contributed by atoms with E-state index in [0.717, 1.165) is 0 Å². The molecule has 18 nitrogen and oxygen atoms in total. The molecule has 0 bridgehead atoms. The van der Waals surface area contributed by atoms with Gasteiger partial charge in [0.25, 0.3) is 26.1 Å². The van der Waals surface area contributed by atoms with E-state index in [2.05, 4.69) is 30.8 Å². The fourth-order valence-corrected chi connectivity index (χ4v) is 9.49. The van der Waals surface area contributed by atoms with Crippen LogP contribution in [-0.4, -0.2) is 94.8 Å². The minimum atomic E-state index is -4.70. The molecule has 0 atom stereocenters. The van der Waals surface area contributed by atoms with Gasteiger partial charge in [0, 0.05) is 28.6 Å². The molecule has 8 aromatic carbocycles. The number of halogens is 2. The second-order valence-electron chi connectivity index (χ2n) is 15.4. The predicted octanol–water partition coefficient (Wildman–Crippen LogP) is 11.0. The number of methoxy groups -OCH3 is 2. The van der Waals surface area contributed by atoms with Crippen molar-refractivity contribution in [2.75, 3.05) is 19.5 Å². The molecule has 0 aliphatic carbocycles. The fraction of sp³-hybridized carbons (Fsp3) is 0.0800. The van der Waals surface area contributed by atoms with Gasteiger partial charge in [-0.3, -0.25) is 18.9 Å². The number of hydrogen-bond donors (Lipinski definition) is 4. The number of azo groups is 2. The molecule has 0 saturated heterocycles. The Morgan fingerprint density at radius 3 is 1.60 bits per heavy atom. The molecule has 4 N–H and O–H groups in total. The van der Waals surface area contributed by atoms with E-state index in [4.69, 9.17) is 32.7 Å². The monoisotopic (exact) mass is 1090 g/mol. The maximum atomic E-state index is 13.3. The molecule has 73 heavy (non-hydrogen) atoms. The van der Waals surface area contributed by atoms with Crippen molar-refractivity contribution in [3.05, 3.63) is 166 Å². The first-order chi connectivity index (χ1) is 34.2. The number of fused-ring (bicyclic) bond motifs is 2. The van der Waals surface area contributed by atoms with Crippen LogP contribution in [0.2, 0.25) is 10.0 Å². The third kappa shape index (κ3) is 12.7. The van der Waals surface area contributed by atoms with Crippen LogP contribution in [0.4, 0.5) is 34.1 Å². The number of hydrogen-bond acceptors (Lipinski definition) is 15. The Hall–Kier alpha value is -6.72. The summed E-state index contributed by atoms with van der Waals surface area (Å²) in [5.41, 5.74) is -0.140. The van der Waals surface area contributed by atoms with Crippen LogP contribution in [0.25, 0.3) is 21.5 Å². The number of phenolic OH excluding ortho intramolecular Hbond substituents is 1. The van der Waals surface area contributed by atoms with Crippen molar-refractivity contribution >= 4 is 149 Å². The molecule has 0 aromatic heterocycles. The van der Waals surface area contributed by atoms with Crippen molar-refractivity contribution in [2.24, 2.45) is 25.4 Å². The number of nitrogens with zero attached hydrogens (tertiary/aromatic N) is 5. The molecule has 368 valence electrons. The zero-order valence-corrected chi connectivity index (χ0v) is 44.1. The van der Waals surface area contributed by atoms with Crippen LogP contribution in [0.15, 0.2) is 169 Å². The topological polar surface area (TPSA) is 284 Å². The molecule has 0 aliphatic heterocycles. The number of anilines is 1. The summed E-state index contributed by atoms with van der Waals surface area (Å²) >= 11 is 12.3. The molecule has 0 fully saturated rings. The van der Waals surface area contributed by atoms with Gasteiger partial charge < -0.3 is 30.1 Å². The molecule has 0 radical (unpaired) electrons. The van der Waals surface area contributed by atoms with Gasteiger partial charge in [-0.1, -0.05) is 102 Å². The number of phenols is 1. The number of carbonyl (C=O) groups excluding carboxylic acids is 1. The first-order valence-electron chi connectivity index (χ1n) is 20.9. The molecular formula is C50H38CaCl2N6O12S2. The van der Waals surface area contributed by atoms with Crippen molar-refractivity contribution in [3.8, 4) is 23.0 Å². The average molecular weight is 1090 g/mol. The molecule has 23 heteroatoms. The van der Waals surface area contributed by atoms with Crippen LogP contribution in [-0.2, 0) is 20.2 Å². The zero-order chi connectivity index (χ0) is 52.1. The number of rotatable bonds is 12. The van der Waals surface area contributed by atoms with Crippen LogP contribution in [0.3, 0.4) is 0 Å². The zero-order valence-electron chi connectivity index (χ0n) is 38.7. The summed E-state index contributed by atoms with van der Waals surface area (Å²) in [4.78, 5) is 16.0. The SMILES string of the molecule is COc1cccc(N=C([O-])c2cc3ccccc3c(N=Nc3c(Cl)ccc(C)c3S(=O)(=O)O)c2[O-])c1.COc1cccc(NC(=O)c2cc3ccccc3c(N=Nc3c(Cl)ccc(C)c3S(=O)(=O)O)c2O)c1.[Ca+2]. The molecular weight excluding hydrogens is 1050 g/mol. The van der Waals surface area contributed by atoms with E-state index < -0.39 is 53.3 Å². The second-order valence-corrected chi connectivity index (χ2v) is 18.9. The number of carbonyl (C=O) groups is 1. The minimum absolute atomic E-state index is 0. The maximum absolute atomic E-state index is 13.3. The quantitative estimate of drug-likeness (QED) is 0.0292. The van der Waals surface area contributed by atoms with Gasteiger partial charge in [-0.15, -0.1) is 15.3 Å². The maximum Gasteiger partial charge on any atom is 2.00 e. The van der Waals surface area contributed by atoms with Crippen LogP contribution >= 0.6 is 23.2 Å². The summed E-state index contributed by atoms with van der Waals surface area (Å²) in [7, 11) is -6.40. The van der Waals surface area contributed by atoms with Gasteiger partial charge in [-0.05, 0) is 95.7 Å². The number of aryl methyl sites for hydroxylation is 2. The van der Waals surface area contributed by atoms with Crippen molar-refractivity contribution in [3.63, 3.8) is 0 Å². The summed E-state index contributed by atoms with van der Waals surface area (Å²) in [6.45, 7) is 2.92. The fourth-order valence-electron chi connectivity index (χ4n) is 7.25. The molecule has 0 spiro atoms. The molecule has 0 aliphatic rings. The number of aromatic hydroxyl groups is 1. The number of aliphatic imine (C=N–C) groups is 1. The Balaban J connectivity index is 0.000000235. The average Bonchev–Trinajstić information content (AvgIpc) is 3.34. The second kappa shape index (κ2) is 23.4. The standard InChI is InChI=1S/2C25H20ClN3O6S.Ca/c2*1-14-10-11-20(26)22(24(14)36(32,33)34)29-28-21-18-9-4-3-6-15(18)12-19(23(21)30)25(31)27-16-7-5-8-17(13-16)35-2;/h2*3-13,30H,1-2H3,(H,27,31)(H,32,33,34);/q;;+2/p-2. The van der Waals surface area contributed by atoms with Crippen LogP contribution < -0.4 is 25.0 Å². The normalized spacial score (nSPS) is 11.9. The third-order valence-electron chi connectivity index (χ3n) is 10.6. The summed E-state index contributed by atoms with van der Waals surface area (Å²) in [5, 5.41) is 57.7. The number of amides is 1. The van der Waals surface area contributed by atoms with E-state index >= 15 is 0 Å². The van der Waals surface area contributed by atoms with Gasteiger partial charge in [0.05, 0.1) is 41.2 Å². The van der Waals surface area contributed by atoms with Crippen LogP contribution in [0, 0.1) is 13.8 Å². The Morgan fingerprint density at radius 2 is 1.07 bits per heavy atom. The minimum Gasteiger partial charge on any atom is -0.871 e. The van der Waals surface area contributed by atoms with E-state index in [1.54, 1.807) is 97.1 Å². The Labute approximate surface area is 457 Å². The predicted molar refractivity (Wildman–Crippen MR) is 275 cm³/mol. The smallest absolute Gasteiger partial charge is 0.871 e. The Bertz CT molecular complexity index is 3790. The third-order valence-corrected chi connectivity index (χ3v) is 13.3. The summed E-state index contributed by atoms with van der Waals surface area (Å²) in [6, 6.07) is 35.2. The van der Waals surface area contributed by atoms with Gasteiger partial charge in [0.15, 0.2) is 5.75 Å². The van der Waals surface area contributed by atoms with E-state index in [-0.39, 0.29) is 92.8 Å². The Morgan fingerprint density at radius 1 is 0.603 bits per heavy atom. The van der Waals surface area contributed by atoms with Gasteiger partial charge >= 0.3 is 37.7 Å². The number of benzene rings is 8. The summed E-state index contributed by atoms with van der Waals surface area (Å²) < 4.78 is 77.5. The molecule has 8 rings (SSSR count). The van der Waals surface area contributed by atoms with Gasteiger partial charge in [0.2, 0.25) is 0 Å². The van der Waals surface area contributed by atoms with E-state index in [1.807, 2.05) is 0 Å². The van der Waals surface area contributed by atoms with Crippen LogP contribution in [0.1, 0.15) is 27.0 Å². The first-order valence-corrected chi connectivity index (χ1v) is 24.5. The van der Waals surface area contributed by atoms with Crippen molar-refractivity contribution < 1.29 is 55.5 Å². The summed E-state index contributed by atoms with van der Waals surface area (Å²) in [6.07, 6.45) is 0. The van der Waals surface area contributed by atoms with Gasteiger partial charge in [-0.2, -0.15) is 21.9 Å². The van der Waals surface area contributed by atoms with Crippen molar-refractivity contribution in [1.29, 1.82) is 0 Å². The van der Waals surface area contributed by atoms with Gasteiger partial charge in [-0.25, -0.2) is 0 Å². The van der Waals surface area contributed by atoms with Gasteiger partial charge in [0.1, 0.15) is 38.4 Å². The van der Waals surface area contributed by atoms with E-state index in [0.29, 0.717) is 44.4 Å². The molecule has 0 saturated carbocycles. The number of ether oxygens (including phenoxy) is 2. The molecule has 1 amide bonds. The Kier molecular flexibility index (Phi) is 17.8. The van der Waals surface area contributed by atoms with E-state index in [9.17, 15) is 46.1 Å². The first kappa shape index (κ1) is 55.6. The number of nitrogens with one attached hydrogen (secondary N) is 1. The van der Waals surface area contributed by atoms with E-state index in [1.165, 1.54) is 64.5 Å². The molecule has 0 unspecified atom stereocenters. The summed E-state index contributed by atoms with van der Waals surface area (Å²) in [5.74, 6) is -1.63. The molecule has 8 aromatic rings. The van der Waals surface area contributed by atoms with Crippen LogP contribution in [0.5, 0.6) is 23.0 Å². The molecule has 0 heterocycles. The van der Waals surface area contributed by atoms with Crippen molar-refractivity contribution in [2.45, 2.75) is 23.6 Å². The largest absolute Gasteiger partial charge is 2.00 e. The van der Waals surface area contributed by atoms with Crippen molar-refractivity contribution in [1.82, 2.24) is 0 Å².